The highest BCUT2D eigenvalue weighted by atomic mass is 31.2. The average molecular weight is 965 g/mol. The van der Waals surface area contributed by atoms with Crippen LogP contribution in [-0.4, -0.2) is 130 Å². The Hall–Kier alpha value is -4.65. The lowest BCUT2D eigenvalue weighted by Gasteiger charge is -2.24. The predicted molar refractivity (Wildman–Crippen MR) is 209 cm³/mol. The SMILES string of the molecule is Cc1cn([C@H]2C[C@H](OP(=O)(O)O)[C@@H](COP(=O)(O)O[C@H]3C[C@H](n4cnc5c(N)ncnc54)O[C@@H]3COP(=O)(O)O[C@H]3C[C@H](n4cnc5c(=O)[nH]c(N)nc54)O[C@@H]3CO)O2)c(=O)[nH]c1=O. The first-order valence-corrected chi connectivity index (χ1v) is 23.3. The summed E-state index contributed by atoms with van der Waals surface area (Å²) in [6.45, 7) is -1.03. The average Bonchev–Trinajstić information content (AvgIpc) is 4.04. The van der Waals surface area contributed by atoms with E-state index < -0.39 is 115 Å². The highest BCUT2D eigenvalue weighted by Gasteiger charge is 2.47. The van der Waals surface area contributed by atoms with Gasteiger partial charge in [-0.25, -0.2) is 38.4 Å². The maximum Gasteiger partial charge on any atom is 0.472 e. The maximum atomic E-state index is 13.6. The number of hydrogen-bond acceptors (Lipinski definition) is 22. The van der Waals surface area contributed by atoms with Gasteiger partial charge in [0.1, 0.15) is 67.2 Å². The lowest BCUT2D eigenvalue weighted by Crippen LogP contribution is -2.33. The molecule has 3 saturated heterocycles. The van der Waals surface area contributed by atoms with E-state index in [1.165, 1.54) is 28.7 Å². The molecule has 2 unspecified atom stereocenters. The van der Waals surface area contributed by atoms with Crippen molar-refractivity contribution >= 4 is 57.6 Å². The zero-order valence-corrected chi connectivity index (χ0v) is 35.5. The van der Waals surface area contributed by atoms with Gasteiger partial charge in [-0.3, -0.25) is 55.9 Å². The van der Waals surface area contributed by atoms with Gasteiger partial charge in [-0.1, -0.05) is 0 Å². The summed E-state index contributed by atoms with van der Waals surface area (Å²) in [6.07, 6.45) is -7.83. The van der Waals surface area contributed by atoms with E-state index in [-0.39, 0.29) is 58.9 Å². The number of rotatable bonds is 16. The molecule has 348 valence electrons. The van der Waals surface area contributed by atoms with Crippen LogP contribution in [-0.2, 0) is 50.5 Å². The normalized spacial score (nSPS) is 28.2. The van der Waals surface area contributed by atoms with Gasteiger partial charge >= 0.3 is 29.2 Å². The van der Waals surface area contributed by atoms with Crippen LogP contribution in [0.15, 0.2) is 39.6 Å². The van der Waals surface area contributed by atoms with E-state index in [2.05, 4.69) is 34.9 Å². The fourth-order valence-electron chi connectivity index (χ4n) is 7.36. The number of anilines is 2. The smallest absolute Gasteiger partial charge is 0.394 e. The molecular weight excluding hydrogens is 925 g/mol. The molecule has 11 atom stereocenters. The Balaban J connectivity index is 0.973. The molecule has 0 bridgehead atoms. The Bertz CT molecular complexity index is 2880. The Morgan fingerprint density at radius 2 is 1.25 bits per heavy atom. The number of aromatic nitrogens is 10. The molecule has 0 radical (unpaired) electrons. The van der Waals surface area contributed by atoms with Gasteiger partial charge in [0.15, 0.2) is 22.6 Å². The highest BCUT2D eigenvalue weighted by molar-refractivity contribution is 7.47. The van der Waals surface area contributed by atoms with Crippen LogP contribution in [0, 0.1) is 6.92 Å². The third-order valence-corrected chi connectivity index (χ3v) is 12.8. The van der Waals surface area contributed by atoms with Crippen molar-refractivity contribution < 1.29 is 75.2 Å². The number of nitrogens with one attached hydrogen (secondary N) is 2. The largest absolute Gasteiger partial charge is 0.472 e. The molecular formula is C30H39N12O19P3. The zero-order valence-electron chi connectivity index (χ0n) is 32.8. The van der Waals surface area contributed by atoms with Crippen LogP contribution >= 0.6 is 23.5 Å². The van der Waals surface area contributed by atoms with Gasteiger partial charge < -0.3 is 50.4 Å². The molecule has 34 heteroatoms. The van der Waals surface area contributed by atoms with E-state index in [1.807, 2.05) is 0 Å². The predicted octanol–water partition coefficient (Wildman–Crippen LogP) is -1.68. The molecule has 0 aliphatic carbocycles. The molecule has 8 rings (SSSR count). The van der Waals surface area contributed by atoms with Gasteiger partial charge in [0.2, 0.25) is 5.95 Å². The van der Waals surface area contributed by atoms with Crippen molar-refractivity contribution in [1.82, 2.24) is 48.6 Å². The van der Waals surface area contributed by atoms with Crippen molar-refractivity contribution in [3.8, 4) is 0 Å². The van der Waals surface area contributed by atoms with E-state index in [0.717, 1.165) is 17.1 Å². The molecule has 3 aliphatic heterocycles. The van der Waals surface area contributed by atoms with Crippen molar-refractivity contribution in [1.29, 1.82) is 0 Å². The lowest BCUT2D eigenvalue weighted by atomic mass is 10.2. The molecule has 31 nitrogen and oxygen atoms in total. The Morgan fingerprint density at radius 3 is 1.84 bits per heavy atom. The van der Waals surface area contributed by atoms with Crippen LogP contribution in [0.3, 0.4) is 0 Å². The monoisotopic (exact) mass is 964 g/mol. The molecule has 0 aromatic carbocycles. The molecule has 5 aromatic heterocycles. The van der Waals surface area contributed by atoms with Crippen molar-refractivity contribution in [2.24, 2.45) is 0 Å². The number of aromatic amines is 2. The highest BCUT2D eigenvalue weighted by Crippen LogP contribution is 2.53. The molecule has 3 aliphatic rings. The number of nitrogens with zero attached hydrogens (tertiary/aromatic N) is 8. The third kappa shape index (κ3) is 9.80. The van der Waals surface area contributed by atoms with Crippen LogP contribution in [0.1, 0.15) is 43.5 Å². The van der Waals surface area contributed by atoms with Crippen molar-refractivity contribution in [2.45, 2.75) is 81.5 Å². The number of aliphatic hydroxyl groups is 1. The molecule has 0 spiro atoms. The Kier molecular flexibility index (Phi) is 12.6. The van der Waals surface area contributed by atoms with Crippen LogP contribution < -0.4 is 28.3 Å². The van der Waals surface area contributed by atoms with E-state index >= 15 is 0 Å². The number of nitrogen functional groups attached to an aromatic ring is 2. The van der Waals surface area contributed by atoms with E-state index in [0.29, 0.717) is 0 Å². The first-order valence-electron chi connectivity index (χ1n) is 18.8. The molecule has 5 aromatic rings. The number of fused-ring (bicyclic) bond motifs is 2. The minimum absolute atomic E-state index is 0.0219. The van der Waals surface area contributed by atoms with Gasteiger partial charge in [-0.15, -0.1) is 0 Å². The Labute approximate surface area is 355 Å². The first-order chi connectivity index (χ1) is 30.2. The number of phosphoric ester groups is 3. The van der Waals surface area contributed by atoms with Gasteiger partial charge in [-0.05, 0) is 6.92 Å². The molecule has 64 heavy (non-hydrogen) atoms. The molecule has 8 heterocycles. The number of phosphoric acid groups is 3. The second-order valence-electron chi connectivity index (χ2n) is 14.6. The number of imidazole rings is 2. The van der Waals surface area contributed by atoms with Gasteiger partial charge in [0.05, 0.1) is 32.5 Å². The number of ether oxygens (including phenoxy) is 3. The zero-order chi connectivity index (χ0) is 45.9. The topological polar surface area (TPSA) is 440 Å². The van der Waals surface area contributed by atoms with Gasteiger partial charge in [0.25, 0.3) is 11.1 Å². The van der Waals surface area contributed by atoms with Crippen LogP contribution in [0.2, 0.25) is 0 Å². The lowest BCUT2D eigenvalue weighted by molar-refractivity contribution is -0.0603. The summed E-state index contributed by atoms with van der Waals surface area (Å²) in [5.74, 6) is -0.192. The fourth-order valence-corrected chi connectivity index (χ4v) is 9.85. The van der Waals surface area contributed by atoms with Crippen molar-refractivity contribution in [3.05, 3.63) is 61.9 Å². The summed E-state index contributed by atoms with van der Waals surface area (Å²) in [5.41, 5.74) is 9.80. The van der Waals surface area contributed by atoms with Crippen LogP contribution in [0.25, 0.3) is 22.3 Å². The molecule has 11 N–H and O–H groups in total. The number of hydrogen-bond donors (Lipinski definition) is 9. The summed E-state index contributed by atoms with van der Waals surface area (Å²) in [6, 6.07) is 0. The number of H-pyrrole nitrogens is 2. The minimum atomic E-state index is -5.24. The molecule has 3 fully saturated rings. The minimum Gasteiger partial charge on any atom is -0.394 e. The summed E-state index contributed by atoms with van der Waals surface area (Å²) >= 11 is 0. The van der Waals surface area contributed by atoms with Crippen molar-refractivity contribution in [3.63, 3.8) is 0 Å². The summed E-state index contributed by atoms with van der Waals surface area (Å²) < 4.78 is 86.4. The summed E-state index contributed by atoms with van der Waals surface area (Å²) in [4.78, 5) is 102. The van der Waals surface area contributed by atoms with E-state index in [9.17, 15) is 52.8 Å². The quantitative estimate of drug-likeness (QED) is 0.0499. The second-order valence-corrected chi connectivity index (χ2v) is 18.6. The van der Waals surface area contributed by atoms with Crippen molar-refractivity contribution in [2.75, 3.05) is 31.3 Å². The fraction of sp³-hybridized carbons (Fsp3) is 0.533. The van der Waals surface area contributed by atoms with Gasteiger partial charge in [0, 0.05) is 31.0 Å². The van der Waals surface area contributed by atoms with E-state index in [1.54, 1.807) is 0 Å². The third-order valence-electron chi connectivity index (χ3n) is 10.2. The Morgan fingerprint density at radius 1 is 0.719 bits per heavy atom. The second kappa shape index (κ2) is 17.6. The van der Waals surface area contributed by atoms with E-state index in [4.69, 9.17) is 48.3 Å². The number of aliphatic hydroxyl groups excluding tert-OH is 1. The van der Waals surface area contributed by atoms with Crippen LogP contribution in [0.5, 0.6) is 0 Å². The van der Waals surface area contributed by atoms with Gasteiger partial charge in [-0.2, -0.15) is 4.98 Å². The summed E-state index contributed by atoms with van der Waals surface area (Å²) in [5, 5.41) is 10.0. The molecule has 0 amide bonds. The standard InChI is InChI=1S/C30H39N12O19P3/c1-12-5-40(30(46)39-27(12)44)19-3-14(59-62(47,48)49)17(57-19)7-54-64(52,53)61-15-4-20(41-10-35-22-24(31)33-9-34-25(22)41)58-18(15)8-55-63(50,51)60-13-2-21(56-16(13)6-43)42-11-36-23-26(42)37-29(32)38-28(23)45/h5,9-11,13-21,43H,2-4,6-8H2,1H3,(H,50,51)(H,52,53)(H2,31,33,34)(H,39,44,46)(H2,47,48,49)(H3,32,37,38,45)/t13-,14-,15-,16+,17+,18+,19+,20+,21+/m0/s1. The number of aryl methyl sites for hydroxylation is 1. The molecule has 0 saturated carbocycles. The first kappa shape index (κ1) is 45.9. The van der Waals surface area contributed by atoms with Crippen LogP contribution in [0.4, 0.5) is 11.8 Å². The summed E-state index contributed by atoms with van der Waals surface area (Å²) in [7, 11) is -15.6. The number of nitrogens with two attached hydrogens (primary N) is 2. The maximum absolute atomic E-state index is 13.6.